The highest BCUT2D eigenvalue weighted by Crippen LogP contribution is 2.21. The highest BCUT2D eigenvalue weighted by atomic mass is 19.1. The van der Waals surface area contributed by atoms with Crippen LogP contribution in [0.25, 0.3) is 16.7 Å². The van der Waals surface area contributed by atoms with Crippen LogP contribution in [-0.4, -0.2) is 44.6 Å². The van der Waals surface area contributed by atoms with Gasteiger partial charge in [-0.2, -0.15) is 0 Å². The van der Waals surface area contributed by atoms with E-state index in [9.17, 15) is 14.0 Å². The van der Waals surface area contributed by atoms with Crippen molar-refractivity contribution < 1.29 is 13.9 Å². The third kappa shape index (κ3) is 3.84. The van der Waals surface area contributed by atoms with E-state index in [1.54, 1.807) is 4.90 Å². The van der Waals surface area contributed by atoms with Crippen LogP contribution in [0.5, 0.6) is 0 Å². The molecule has 8 heteroatoms. The van der Waals surface area contributed by atoms with E-state index in [-0.39, 0.29) is 17.3 Å². The zero-order valence-electron chi connectivity index (χ0n) is 14.3. The second kappa shape index (κ2) is 6.27. The molecule has 0 fully saturated rings. The average Bonchev–Trinajstić information content (AvgIpc) is 2.54. The van der Waals surface area contributed by atoms with Gasteiger partial charge in [0.2, 0.25) is 0 Å². The van der Waals surface area contributed by atoms with Gasteiger partial charge in [0.15, 0.2) is 11.5 Å². The number of nitrogens with one attached hydrogen (secondary N) is 1. The van der Waals surface area contributed by atoms with Crippen LogP contribution in [0.2, 0.25) is 0 Å². The first-order valence-corrected chi connectivity index (χ1v) is 7.96. The van der Waals surface area contributed by atoms with Crippen LogP contribution in [0.15, 0.2) is 23.1 Å². The smallest absolute Gasteiger partial charge is 0.410 e. The Labute approximate surface area is 143 Å². The van der Waals surface area contributed by atoms with Crippen LogP contribution in [-0.2, 0) is 4.74 Å². The summed E-state index contributed by atoms with van der Waals surface area (Å²) in [6, 6.07) is 1.05. The lowest BCUT2D eigenvalue weighted by Gasteiger charge is -2.30. The second-order valence-electron chi connectivity index (χ2n) is 6.86. The molecule has 0 spiro atoms. The van der Waals surface area contributed by atoms with E-state index >= 15 is 0 Å². The van der Waals surface area contributed by atoms with Gasteiger partial charge < -0.3 is 14.6 Å². The largest absolute Gasteiger partial charge is 0.444 e. The van der Waals surface area contributed by atoms with E-state index in [4.69, 9.17) is 4.74 Å². The van der Waals surface area contributed by atoms with E-state index in [0.29, 0.717) is 25.2 Å². The third-order valence-corrected chi connectivity index (χ3v) is 3.64. The number of fused-ring (bicyclic) bond motifs is 1. The Hall–Kier alpha value is -2.77. The number of carbonyl (C=O) groups is 1. The Bertz CT molecular complexity index is 914. The van der Waals surface area contributed by atoms with Gasteiger partial charge in [-0.05, 0) is 32.8 Å². The molecule has 1 aliphatic heterocycles. The van der Waals surface area contributed by atoms with Crippen molar-refractivity contribution in [1.29, 1.82) is 0 Å². The summed E-state index contributed by atoms with van der Waals surface area (Å²) in [4.78, 5) is 36.1. The third-order valence-electron chi connectivity index (χ3n) is 3.64. The molecule has 3 rings (SSSR count). The average molecular weight is 346 g/mol. The van der Waals surface area contributed by atoms with Crippen LogP contribution >= 0.6 is 0 Å². The van der Waals surface area contributed by atoms with Crippen LogP contribution in [0.1, 0.15) is 32.9 Å². The molecule has 0 radical (unpaired) electrons. The van der Waals surface area contributed by atoms with Crippen LogP contribution < -0.4 is 5.56 Å². The van der Waals surface area contributed by atoms with Gasteiger partial charge in [0.05, 0.1) is 18.4 Å². The van der Waals surface area contributed by atoms with Gasteiger partial charge >= 0.3 is 6.09 Å². The lowest BCUT2D eigenvalue weighted by molar-refractivity contribution is 0.0273. The van der Waals surface area contributed by atoms with Gasteiger partial charge in [-0.15, -0.1) is 0 Å². The molecule has 132 valence electrons. The first-order valence-electron chi connectivity index (χ1n) is 7.96. The summed E-state index contributed by atoms with van der Waals surface area (Å²) in [7, 11) is 0. The molecule has 2 aromatic rings. The Morgan fingerprint density at radius 1 is 1.40 bits per heavy atom. The number of nitrogens with zero attached hydrogens (tertiary/aromatic N) is 3. The van der Waals surface area contributed by atoms with Gasteiger partial charge in [0.1, 0.15) is 11.1 Å². The highest BCUT2D eigenvalue weighted by molar-refractivity contribution is 5.77. The molecule has 1 amide bonds. The fourth-order valence-electron chi connectivity index (χ4n) is 2.52. The maximum Gasteiger partial charge on any atom is 0.410 e. The van der Waals surface area contributed by atoms with Gasteiger partial charge in [-0.1, -0.05) is 6.08 Å². The van der Waals surface area contributed by atoms with Crippen molar-refractivity contribution in [2.45, 2.75) is 32.8 Å². The van der Waals surface area contributed by atoms with Crippen molar-refractivity contribution in [3.8, 4) is 0 Å². The maximum absolute atomic E-state index is 13.3. The number of aromatic amines is 1. The maximum atomic E-state index is 13.3. The molecule has 0 saturated heterocycles. The zero-order valence-corrected chi connectivity index (χ0v) is 14.3. The first-order chi connectivity index (χ1) is 11.7. The zero-order chi connectivity index (χ0) is 18.2. The van der Waals surface area contributed by atoms with Crippen LogP contribution in [0.4, 0.5) is 9.18 Å². The van der Waals surface area contributed by atoms with E-state index in [1.807, 2.05) is 26.8 Å². The van der Waals surface area contributed by atoms with Crippen LogP contribution in [0.3, 0.4) is 0 Å². The molecule has 0 aliphatic carbocycles. The SMILES string of the molecule is CC(C)(C)OC(=O)N1CCC=C(c2cnc3cc(F)c(=O)[nH]c3n2)C1. The van der Waals surface area contributed by atoms with Gasteiger partial charge in [0.25, 0.3) is 5.56 Å². The first kappa shape index (κ1) is 17.1. The summed E-state index contributed by atoms with van der Waals surface area (Å²) in [5, 5.41) is 0. The summed E-state index contributed by atoms with van der Waals surface area (Å²) in [6.07, 6.45) is 3.75. The van der Waals surface area contributed by atoms with E-state index in [1.165, 1.54) is 6.20 Å². The summed E-state index contributed by atoms with van der Waals surface area (Å²) >= 11 is 0. The Kier molecular flexibility index (Phi) is 4.28. The van der Waals surface area contributed by atoms with Crippen molar-refractivity contribution in [3.63, 3.8) is 0 Å². The van der Waals surface area contributed by atoms with E-state index in [0.717, 1.165) is 11.6 Å². The molecule has 1 N–H and O–H groups in total. The molecule has 0 unspecified atom stereocenters. The summed E-state index contributed by atoms with van der Waals surface area (Å²) < 4.78 is 18.7. The summed E-state index contributed by atoms with van der Waals surface area (Å²) in [6.45, 7) is 6.34. The van der Waals surface area contributed by atoms with Gasteiger partial charge in [-0.3, -0.25) is 9.78 Å². The quantitative estimate of drug-likeness (QED) is 0.857. The second-order valence-corrected chi connectivity index (χ2v) is 6.86. The molecule has 0 atom stereocenters. The fraction of sp³-hybridized carbons (Fsp3) is 0.412. The van der Waals surface area contributed by atoms with Gasteiger partial charge in [0, 0.05) is 12.6 Å². The molecule has 0 bridgehead atoms. The van der Waals surface area contributed by atoms with Crippen molar-refractivity contribution in [2.75, 3.05) is 13.1 Å². The Balaban J connectivity index is 1.85. The number of H-pyrrole nitrogens is 1. The van der Waals surface area contributed by atoms with Crippen molar-refractivity contribution >= 4 is 22.8 Å². The minimum Gasteiger partial charge on any atom is -0.444 e. The lowest BCUT2D eigenvalue weighted by Crippen LogP contribution is -2.39. The Morgan fingerprint density at radius 3 is 2.88 bits per heavy atom. The van der Waals surface area contributed by atoms with Crippen molar-refractivity contribution in [3.05, 3.63) is 40.2 Å². The normalized spacial score (nSPS) is 15.2. The predicted molar refractivity (Wildman–Crippen MR) is 90.5 cm³/mol. The molecular weight excluding hydrogens is 327 g/mol. The number of aromatic nitrogens is 3. The molecule has 7 nitrogen and oxygen atoms in total. The number of hydrogen-bond donors (Lipinski definition) is 1. The van der Waals surface area contributed by atoms with Crippen molar-refractivity contribution in [2.24, 2.45) is 0 Å². The molecule has 2 aromatic heterocycles. The minimum atomic E-state index is -0.900. The number of hydrogen-bond acceptors (Lipinski definition) is 5. The number of rotatable bonds is 1. The lowest BCUT2D eigenvalue weighted by atomic mass is 10.1. The molecule has 0 aromatic carbocycles. The predicted octanol–water partition coefficient (Wildman–Crippen LogP) is 2.48. The number of amides is 1. The molecule has 0 saturated carbocycles. The molecule has 25 heavy (non-hydrogen) atoms. The van der Waals surface area contributed by atoms with E-state index in [2.05, 4.69) is 15.0 Å². The standard InChI is InChI=1S/C17H19FN4O3/c1-17(2,3)25-16(24)22-6-4-5-10(9-22)13-8-19-12-7-11(18)15(23)21-14(12)20-13/h5,7-8H,4,6,9H2,1-3H3,(H,20,21,23). The topological polar surface area (TPSA) is 88.2 Å². The summed E-state index contributed by atoms with van der Waals surface area (Å²) in [5.41, 5.74) is 0.400. The summed E-state index contributed by atoms with van der Waals surface area (Å²) in [5.74, 6) is -0.900. The highest BCUT2D eigenvalue weighted by Gasteiger charge is 2.25. The number of halogens is 1. The van der Waals surface area contributed by atoms with Gasteiger partial charge in [-0.25, -0.2) is 14.2 Å². The van der Waals surface area contributed by atoms with E-state index < -0.39 is 17.0 Å². The number of ether oxygens (including phenoxy) is 1. The monoisotopic (exact) mass is 346 g/mol. The number of pyridine rings is 1. The molecular formula is C17H19FN4O3. The number of carbonyl (C=O) groups excluding carboxylic acids is 1. The van der Waals surface area contributed by atoms with Crippen LogP contribution in [0, 0.1) is 5.82 Å². The van der Waals surface area contributed by atoms with Crippen molar-refractivity contribution in [1.82, 2.24) is 19.9 Å². The molecule has 1 aliphatic rings. The molecule has 3 heterocycles. The fourth-order valence-corrected chi connectivity index (χ4v) is 2.52. The minimum absolute atomic E-state index is 0.208. The Morgan fingerprint density at radius 2 is 2.16 bits per heavy atom.